The summed E-state index contributed by atoms with van der Waals surface area (Å²) in [4.78, 5) is 18.1. The molecule has 1 saturated carbocycles. The van der Waals surface area contributed by atoms with Gasteiger partial charge < -0.3 is 10.2 Å². The van der Waals surface area contributed by atoms with E-state index < -0.39 is 0 Å². The highest BCUT2D eigenvalue weighted by molar-refractivity contribution is 5.74. The van der Waals surface area contributed by atoms with Gasteiger partial charge in [0.25, 0.3) is 0 Å². The number of pyridine rings is 1. The second-order valence-electron chi connectivity index (χ2n) is 5.11. The molecule has 1 aliphatic carbocycles. The topological polar surface area (TPSA) is 45.2 Å². The highest BCUT2D eigenvalue weighted by Crippen LogP contribution is 2.34. The number of nitrogens with one attached hydrogen (secondary N) is 1. The fraction of sp³-hybridized carbons (Fsp3) is 0.571. The molecular weight excluding hydrogens is 226 g/mol. The van der Waals surface area contributed by atoms with E-state index in [1.54, 1.807) is 11.1 Å². The van der Waals surface area contributed by atoms with Crippen molar-refractivity contribution in [3.05, 3.63) is 30.1 Å². The Kier molecular flexibility index (Phi) is 3.84. The maximum atomic E-state index is 12.1. The molecule has 2 rings (SSSR count). The molecule has 0 spiro atoms. The third-order valence-electron chi connectivity index (χ3n) is 3.71. The number of rotatable bonds is 4. The van der Waals surface area contributed by atoms with Gasteiger partial charge in [0.05, 0.1) is 11.7 Å². The van der Waals surface area contributed by atoms with Crippen LogP contribution in [0.15, 0.2) is 24.4 Å². The summed E-state index contributed by atoms with van der Waals surface area (Å²) in [5.41, 5.74) is 0.887. The molecule has 18 heavy (non-hydrogen) atoms. The van der Waals surface area contributed by atoms with E-state index >= 15 is 0 Å². The molecule has 0 saturated heterocycles. The van der Waals surface area contributed by atoms with Gasteiger partial charge in [0.15, 0.2) is 0 Å². The number of nitrogens with zero attached hydrogens (tertiary/aromatic N) is 2. The van der Waals surface area contributed by atoms with Gasteiger partial charge in [0.1, 0.15) is 0 Å². The first-order valence-electron chi connectivity index (χ1n) is 6.54. The Morgan fingerprint density at radius 1 is 1.44 bits per heavy atom. The first kappa shape index (κ1) is 12.9. The van der Waals surface area contributed by atoms with Crippen molar-refractivity contribution >= 4 is 6.03 Å². The van der Waals surface area contributed by atoms with Crippen molar-refractivity contribution in [1.82, 2.24) is 15.2 Å². The van der Waals surface area contributed by atoms with Crippen LogP contribution in [0, 0.1) is 5.92 Å². The van der Waals surface area contributed by atoms with Crippen molar-refractivity contribution in [2.45, 2.75) is 38.8 Å². The molecule has 0 radical (unpaired) electrons. The Morgan fingerprint density at radius 2 is 2.17 bits per heavy atom. The van der Waals surface area contributed by atoms with Crippen molar-refractivity contribution in [2.75, 3.05) is 7.05 Å². The summed E-state index contributed by atoms with van der Waals surface area (Å²) in [6.07, 6.45) is 4.23. The average Bonchev–Trinajstić information content (AvgIpc) is 3.22. The van der Waals surface area contributed by atoms with E-state index in [9.17, 15) is 4.79 Å². The van der Waals surface area contributed by atoms with Gasteiger partial charge in [-0.2, -0.15) is 0 Å². The van der Waals surface area contributed by atoms with Crippen LogP contribution in [0.4, 0.5) is 4.79 Å². The van der Waals surface area contributed by atoms with Crippen molar-refractivity contribution in [3.8, 4) is 0 Å². The zero-order chi connectivity index (χ0) is 13.1. The molecule has 1 heterocycles. The Labute approximate surface area is 108 Å². The van der Waals surface area contributed by atoms with Gasteiger partial charge in [-0.15, -0.1) is 0 Å². The van der Waals surface area contributed by atoms with Crippen LogP contribution < -0.4 is 5.32 Å². The molecule has 1 N–H and O–H groups in total. The average molecular weight is 247 g/mol. The number of urea groups is 1. The van der Waals surface area contributed by atoms with Crippen molar-refractivity contribution in [3.63, 3.8) is 0 Å². The van der Waals surface area contributed by atoms with E-state index in [0.29, 0.717) is 12.0 Å². The highest BCUT2D eigenvalue weighted by Gasteiger charge is 2.32. The van der Waals surface area contributed by atoms with Gasteiger partial charge in [-0.05, 0) is 44.7 Å². The third-order valence-corrected chi connectivity index (χ3v) is 3.71. The lowest BCUT2D eigenvalue weighted by molar-refractivity contribution is 0.184. The molecule has 2 amide bonds. The van der Waals surface area contributed by atoms with Crippen LogP contribution in [0.5, 0.6) is 0 Å². The minimum absolute atomic E-state index is 0.0208. The maximum absolute atomic E-state index is 12.1. The maximum Gasteiger partial charge on any atom is 0.317 e. The first-order chi connectivity index (χ1) is 8.59. The van der Waals surface area contributed by atoms with E-state index in [1.165, 1.54) is 12.8 Å². The van der Waals surface area contributed by atoms with Gasteiger partial charge in [0, 0.05) is 19.3 Å². The number of carbonyl (C=O) groups excluding carboxylic acids is 1. The number of amides is 2. The van der Waals surface area contributed by atoms with Crippen LogP contribution in [0.3, 0.4) is 0 Å². The van der Waals surface area contributed by atoms with Crippen LogP contribution >= 0.6 is 0 Å². The molecule has 1 fully saturated rings. The standard InChI is InChI=1S/C14H21N3O/c1-10(13-6-4-5-9-15-13)16-14(18)17(3)11(2)12-7-8-12/h4-6,9-12H,7-8H2,1-3H3,(H,16,18)/t10-,11-/m1/s1. The largest absolute Gasteiger partial charge is 0.330 e. The summed E-state index contributed by atoms with van der Waals surface area (Å²) in [7, 11) is 1.86. The van der Waals surface area contributed by atoms with Gasteiger partial charge >= 0.3 is 6.03 Å². The third kappa shape index (κ3) is 3.00. The van der Waals surface area contributed by atoms with Crippen LogP contribution in [0.2, 0.25) is 0 Å². The molecular formula is C14H21N3O. The van der Waals surface area contributed by atoms with Crippen molar-refractivity contribution in [1.29, 1.82) is 0 Å². The Morgan fingerprint density at radius 3 is 2.72 bits per heavy atom. The highest BCUT2D eigenvalue weighted by atomic mass is 16.2. The number of carbonyl (C=O) groups is 1. The molecule has 4 heteroatoms. The van der Waals surface area contributed by atoms with E-state index in [1.807, 2.05) is 32.2 Å². The number of hydrogen-bond donors (Lipinski definition) is 1. The molecule has 0 unspecified atom stereocenters. The zero-order valence-corrected chi connectivity index (χ0v) is 11.3. The Bertz CT molecular complexity index is 403. The molecule has 1 aliphatic rings. The summed E-state index contributed by atoms with van der Waals surface area (Å²) in [6, 6.07) is 5.97. The minimum atomic E-state index is -0.0625. The monoisotopic (exact) mass is 247 g/mol. The lowest BCUT2D eigenvalue weighted by Crippen LogP contribution is -2.44. The fourth-order valence-electron chi connectivity index (χ4n) is 2.07. The van der Waals surface area contributed by atoms with E-state index in [2.05, 4.69) is 17.2 Å². The SMILES string of the molecule is C[C@H](C1CC1)N(C)C(=O)N[C@H](C)c1ccccn1. The Balaban J connectivity index is 1.90. The van der Waals surface area contributed by atoms with Crippen LogP contribution in [0.1, 0.15) is 38.4 Å². The molecule has 98 valence electrons. The molecule has 0 aromatic carbocycles. The molecule has 0 bridgehead atoms. The van der Waals surface area contributed by atoms with E-state index in [4.69, 9.17) is 0 Å². The van der Waals surface area contributed by atoms with Crippen molar-refractivity contribution in [2.24, 2.45) is 5.92 Å². The molecule has 1 aromatic rings. The van der Waals surface area contributed by atoms with Crippen LogP contribution in [0.25, 0.3) is 0 Å². The van der Waals surface area contributed by atoms with Gasteiger partial charge in [-0.3, -0.25) is 4.98 Å². The predicted octanol–water partition coefficient (Wildman–Crippen LogP) is 2.58. The molecule has 0 aliphatic heterocycles. The quantitative estimate of drug-likeness (QED) is 0.888. The van der Waals surface area contributed by atoms with E-state index in [-0.39, 0.29) is 12.1 Å². The van der Waals surface area contributed by atoms with Crippen LogP contribution in [-0.2, 0) is 0 Å². The lowest BCUT2D eigenvalue weighted by Gasteiger charge is -2.26. The summed E-state index contributed by atoms with van der Waals surface area (Å²) < 4.78 is 0. The summed E-state index contributed by atoms with van der Waals surface area (Å²) in [5, 5.41) is 2.98. The summed E-state index contributed by atoms with van der Waals surface area (Å²) >= 11 is 0. The second kappa shape index (κ2) is 5.38. The van der Waals surface area contributed by atoms with Gasteiger partial charge in [-0.25, -0.2) is 4.79 Å². The summed E-state index contributed by atoms with van der Waals surface area (Å²) in [5.74, 6) is 0.686. The zero-order valence-electron chi connectivity index (χ0n) is 11.3. The Hall–Kier alpha value is -1.58. The molecule has 1 aromatic heterocycles. The summed E-state index contributed by atoms with van der Waals surface area (Å²) in [6.45, 7) is 4.07. The van der Waals surface area contributed by atoms with E-state index in [0.717, 1.165) is 5.69 Å². The normalized spacial score (nSPS) is 17.9. The molecule has 2 atom stereocenters. The van der Waals surface area contributed by atoms with Crippen LogP contribution in [-0.4, -0.2) is 29.0 Å². The predicted molar refractivity (Wildman–Crippen MR) is 71.1 cm³/mol. The lowest BCUT2D eigenvalue weighted by atomic mass is 10.2. The smallest absolute Gasteiger partial charge is 0.317 e. The number of aromatic nitrogens is 1. The molecule has 4 nitrogen and oxygen atoms in total. The minimum Gasteiger partial charge on any atom is -0.330 e. The first-order valence-corrected chi connectivity index (χ1v) is 6.54. The van der Waals surface area contributed by atoms with Crippen molar-refractivity contribution < 1.29 is 4.79 Å². The van der Waals surface area contributed by atoms with Gasteiger partial charge in [0.2, 0.25) is 0 Å². The number of hydrogen-bond acceptors (Lipinski definition) is 2. The fourth-order valence-corrected chi connectivity index (χ4v) is 2.07. The second-order valence-corrected chi connectivity index (χ2v) is 5.11. The van der Waals surface area contributed by atoms with Gasteiger partial charge in [-0.1, -0.05) is 6.07 Å².